The number of benzene rings is 1. The smallest absolute Gasteiger partial charge is 0.313 e. The molecule has 1 atom stereocenters. The highest BCUT2D eigenvalue weighted by Gasteiger charge is 2.46. The van der Waals surface area contributed by atoms with Crippen molar-refractivity contribution in [3.05, 3.63) is 35.4 Å². The first kappa shape index (κ1) is 15.5. The summed E-state index contributed by atoms with van der Waals surface area (Å²) >= 11 is 0. The SMILES string of the molecule is COCC1(C(=O)O)CCN(C(=O)Cc2ccccc2C)C1. The first-order valence-corrected chi connectivity index (χ1v) is 7.03. The number of aryl methyl sites for hydroxylation is 1. The summed E-state index contributed by atoms with van der Waals surface area (Å²) in [6.45, 7) is 2.80. The third-order valence-electron chi connectivity index (χ3n) is 4.18. The van der Waals surface area contributed by atoms with Crippen molar-refractivity contribution in [3.8, 4) is 0 Å². The molecule has 1 aliphatic heterocycles. The number of carboxylic acids is 1. The number of methoxy groups -OCH3 is 1. The molecule has 2 rings (SSSR count). The van der Waals surface area contributed by atoms with Crippen molar-refractivity contribution < 1.29 is 19.4 Å². The van der Waals surface area contributed by atoms with Gasteiger partial charge in [0.05, 0.1) is 13.0 Å². The molecule has 0 aromatic heterocycles. The predicted molar refractivity (Wildman–Crippen MR) is 78.0 cm³/mol. The maximum atomic E-state index is 12.4. The fraction of sp³-hybridized carbons (Fsp3) is 0.500. The molecule has 0 radical (unpaired) electrons. The van der Waals surface area contributed by atoms with Gasteiger partial charge in [0.25, 0.3) is 0 Å². The third kappa shape index (κ3) is 3.24. The molecule has 0 bridgehead atoms. The van der Waals surface area contributed by atoms with E-state index in [0.29, 0.717) is 19.4 Å². The van der Waals surface area contributed by atoms with Crippen LogP contribution in [-0.4, -0.2) is 48.7 Å². The van der Waals surface area contributed by atoms with Crippen LogP contribution in [0.3, 0.4) is 0 Å². The first-order valence-electron chi connectivity index (χ1n) is 7.03. The van der Waals surface area contributed by atoms with E-state index in [9.17, 15) is 14.7 Å². The molecule has 5 heteroatoms. The molecule has 1 N–H and O–H groups in total. The second-order valence-corrected chi connectivity index (χ2v) is 5.69. The molecular weight excluding hydrogens is 270 g/mol. The minimum absolute atomic E-state index is 0.0245. The van der Waals surface area contributed by atoms with Gasteiger partial charge >= 0.3 is 5.97 Å². The number of hydrogen-bond donors (Lipinski definition) is 1. The summed E-state index contributed by atoms with van der Waals surface area (Å²) in [6, 6.07) is 7.75. The van der Waals surface area contributed by atoms with Crippen LogP contribution in [0.2, 0.25) is 0 Å². The molecule has 1 aromatic rings. The maximum Gasteiger partial charge on any atom is 0.313 e. The highest BCUT2D eigenvalue weighted by atomic mass is 16.5. The summed E-state index contributed by atoms with van der Waals surface area (Å²) in [6.07, 6.45) is 0.755. The van der Waals surface area contributed by atoms with Gasteiger partial charge in [-0.3, -0.25) is 9.59 Å². The van der Waals surface area contributed by atoms with E-state index in [4.69, 9.17) is 4.74 Å². The molecule has 5 nitrogen and oxygen atoms in total. The molecule has 0 saturated carbocycles. The van der Waals surface area contributed by atoms with E-state index in [-0.39, 0.29) is 19.1 Å². The molecule has 1 aliphatic rings. The number of nitrogens with zero attached hydrogens (tertiary/aromatic N) is 1. The molecule has 1 amide bonds. The lowest BCUT2D eigenvalue weighted by Crippen LogP contribution is -2.40. The zero-order chi connectivity index (χ0) is 15.5. The predicted octanol–water partition coefficient (Wildman–Crippen LogP) is 1.49. The summed E-state index contributed by atoms with van der Waals surface area (Å²) in [5.41, 5.74) is 1.10. The number of carboxylic acid groups (broad SMARTS) is 1. The molecule has 0 spiro atoms. The van der Waals surface area contributed by atoms with Gasteiger partial charge in [0.2, 0.25) is 5.91 Å². The Morgan fingerprint density at radius 2 is 2.10 bits per heavy atom. The molecule has 1 heterocycles. The standard InChI is InChI=1S/C16H21NO4/c1-12-5-3-4-6-13(12)9-14(18)17-8-7-16(10-17,11-21-2)15(19)20/h3-6H,7-11H2,1-2H3,(H,19,20). The first-order chi connectivity index (χ1) is 9.98. The van der Waals surface area contributed by atoms with Crippen LogP contribution in [0.25, 0.3) is 0 Å². The van der Waals surface area contributed by atoms with E-state index in [1.807, 2.05) is 31.2 Å². The van der Waals surface area contributed by atoms with Gasteiger partial charge in [0.1, 0.15) is 5.41 Å². The fourth-order valence-corrected chi connectivity index (χ4v) is 2.80. The monoisotopic (exact) mass is 291 g/mol. The van der Waals surface area contributed by atoms with Gasteiger partial charge in [0, 0.05) is 20.2 Å². The van der Waals surface area contributed by atoms with Crippen LogP contribution in [0.15, 0.2) is 24.3 Å². The van der Waals surface area contributed by atoms with E-state index in [0.717, 1.165) is 11.1 Å². The van der Waals surface area contributed by atoms with Gasteiger partial charge < -0.3 is 14.7 Å². The van der Waals surface area contributed by atoms with Crippen molar-refractivity contribution in [1.29, 1.82) is 0 Å². The molecule has 1 fully saturated rings. The minimum atomic E-state index is -0.962. The summed E-state index contributed by atoms with van der Waals surface area (Å²) in [7, 11) is 1.49. The Hall–Kier alpha value is -1.88. The number of carbonyl (C=O) groups is 2. The lowest BCUT2D eigenvalue weighted by molar-refractivity contribution is -0.151. The molecule has 21 heavy (non-hydrogen) atoms. The Labute approximate surface area is 124 Å². The Morgan fingerprint density at radius 1 is 1.38 bits per heavy atom. The van der Waals surface area contributed by atoms with Gasteiger partial charge in [-0.25, -0.2) is 0 Å². The Morgan fingerprint density at radius 3 is 2.71 bits per heavy atom. The number of carbonyl (C=O) groups excluding carboxylic acids is 1. The second-order valence-electron chi connectivity index (χ2n) is 5.69. The van der Waals surface area contributed by atoms with Crippen LogP contribution < -0.4 is 0 Å². The Bertz CT molecular complexity index is 543. The van der Waals surface area contributed by atoms with Crippen molar-refractivity contribution in [2.24, 2.45) is 5.41 Å². The summed E-state index contributed by atoms with van der Waals surface area (Å²) < 4.78 is 5.04. The van der Waals surface area contributed by atoms with Crippen LogP contribution in [0, 0.1) is 12.3 Å². The van der Waals surface area contributed by atoms with Crippen molar-refractivity contribution in [3.63, 3.8) is 0 Å². The maximum absolute atomic E-state index is 12.4. The highest BCUT2D eigenvalue weighted by molar-refractivity contribution is 5.82. The van der Waals surface area contributed by atoms with Crippen LogP contribution in [0.1, 0.15) is 17.5 Å². The normalized spacial score (nSPS) is 21.5. The van der Waals surface area contributed by atoms with Crippen molar-refractivity contribution in [1.82, 2.24) is 4.90 Å². The van der Waals surface area contributed by atoms with Gasteiger partial charge in [-0.15, -0.1) is 0 Å². The average molecular weight is 291 g/mol. The van der Waals surface area contributed by atoms with E-state index in [1.165, 1.54) is 7.11 Å². The van der Waals surface area contributed by atoms with Crippen LogP contribution >= 0.6 is 0 Å². The summed E-state index contributed by atoms with van der Waals surface area (Å²) in [5.74, 6) is -0.918. The lowest BCUT2D eigenvalue weighted by atomic mass is 9.88. The van der Waals surface area contributed by atoms with E-state index >= 15 is 0 Å². The molecule has 114 valence electrons. The van der Waals surface area contributed by atoms with E-state index < -0.39 is 11.4 Å². The fourth-order valence-electron chi connectivity index (χ4n) is 2.80. The van der Waals surface area contributed by atoms with Crippen LogP contribution in [0.4, 0.5) is 0 Å². The molecule has 1 saturated heterocycles. The number of aliphatic carboxylic acids is 1. The topological polar surface area (TPSA) is 66.8 Å². The average Bonchev–Trinajstić information content (AvgIpc) is 2.87. The van der Waals surface area contributed by atoms with Crippen LogP contribution in [-0.2, 0) is 20.7 Å². The number of rotatable bonds is 5. The van der Waals surface area contributed by atoms with Crippen molar-refractivity contribution in [2.45, 2.75) is 19.8 Å². The van der Waals surface area contributed by atoms with Crippen molar-refractivity contribution in [2.75, 3.05) is 26.8 Å². The highest BCUT2D eigenvalue weighted by Crippen LogP contribution is 2.31. The third-order valence-corrected chi connectivity index (χ3v) is 4.18. The van der Waals surface area contributed by atoms with Gasteiger partial charge in [-0.1, -0.05) is 24.3 Å². The Balaban J connectivity index is 2.05. The lowest BCUT2D eigenvalue weighted by Gasteiger charge is -2.24. The number of likely N-dealkylation sites (tertiary alicyclic amines) is 1. The number of amides is 1. The van der Waals surface area contributed by atoms with E-state index in [1.54, 1.807) is 4.90 Å². The minimum Gasteiger partial charge on any atom is -0.481 e. The molecule has 0 aliphatic carbocycles. The zero-order valence-corrected chi connectivity index (χ0v) is 12.5. The molecular formula is C16H21NO4. The summed E-state index contributed by atoms with van der Waals surface area (Å²) in [5, 5.41) is 9.41. The van der Waals surface area contributed by atoms with Crippen molar-refractivity contribution >= 4 is 11.9 Å². The van der Waals surface area contributed by atoms with Gasteiger partial charge in [-0.2, -0.15) is 0 Å². The quantitative estimate of drug-likeness (QED) is 0.892. The largest absolute Gasteiger partial charge is 0.481 e. The van der Waals surface area contributed by atoms with Crippen LogP contribution in [0.5, 0.6) is 0 Å². The number of hydrogen-bond acceptors (Lipinski definition) is 3. The Kier molecular flexibility index (Phi) is 4.63. The van der Waals surface area contributed by atoms with E-state index in [2.05, 4.69) is 0 Å². The van der Waals surface area contributed by atoms with Gasteiger partial charge in [-0.05, 0) is 24.5 Å². The zero-order valence-electron chi connectivity index (χ0n) is 12.5. The molecule has 1 aromatic carbocycles. The molecule has 1 unspecified atom stereocenters. The second kappa shape index (κ2) is 6.26. The van der Waals surface area contributed by atoms with Gasteiger partial charge in [0.15, 0.2) is 0 Å². The summed E-state index contributed by atoms with van der Waals surface area (Å²) in [4.78, 5) is 25.5. The number of ether oxygens (including phenoxy) is 1.